The van der Waals surface area contributed by atoms with Gasteiger partial charge in [-0.25, -0.2) is 9.78 Å². The number of rotatable bonds is 4. The normalized spacial score (nSPS) is 10.3. The Balaban J connectivity index is 2.46. The number of nitrogens with zero attached hydrogens (tertiary/aromatic N) is 2. The molecule has 0 amide bonds. The van der Waals surface area contributed by atoms with Gasteiger partial charge in [0, 0.05) is 12.3 Å². The van der Waals surface area contributed by atoms with Crippen molar-refractivity contribution in [2.75, 3.05) is 13.7 Å². The van der Waals surface area contributed by atoms with Crippen LogP contribution >= 0.6 is 22.9 Å². The lowest BCUT2D eigenvalue weighted by molar-refractivity contribution is 0.0532. The van der Waals surface area contributed by atoms with Gasteiger partial charge in [-0.3, -0.25) is 4.98 Å². The van der Waals surface area contributed by atoms with Crippen LogP contribution in [0, 0.1) is 0 Å². The number of carbonyl (C=O) groups is 1. The van der Waals surface area contributed by atoms with Gasteiger partial charge in [-0.1, -0.05) is 22.9 Å². The number of carbonyl (C=O) groups excluding carboxylic acids is 1. The lowest BCUT2D eigenvalue weighted by Crippen LogP contribution is -2.04. The van der Waals surface area contributed by atoms with E-state index in [2.05, 4.69) is 9.97 Å². The molecule has 19 heavy (non-hydrogen) atoms. The molecule has 0 atom stereocenters. The molecule has 0 aliphatic heterocycles. The number of pyridine rings is 1. The van der Waals surface area contributed by atoms with Crippen molar-refractivity contribution in [3.63, 3.8) is 0 Å². The van der Waals surface area contributed by atoms with E-state index in [0.717, 1.165) is 11.3 Å². The van der Waals surface area contributed by atoms with Crippen molar-refractivity contribution >= 4 is 28.9 Å². The highest BCUT2D eigenvalue weighted by Gasteiger charge is 2.21. The number of hydrogen-bond acceptors (Lipinski definition) is 6. The predicted octanol–water partition coefficient (Wildman–Crippen LogP) is 3.04. The summed E-state index contributed by atoms with van der Waals surface area (Å²) in [5, 5.41) is 0. The Bertz CT molecular complexity index is 600. The minimum Gasteiger partial charge on any atom is -0.497 e. The molecule has 0 aliphatic carbocycles. The third-order valence-corrected chi connectivity index (χ3v) is 3.41. The molecule has 0 N–H and O–H groups in total. The predicted molar refractivity (Wildman–Crippen MR) is 72.9 cm³/mol. The first-order valence-corrected chi connectivity index (χ1v) is 6.69. The molecule has 0 fully saturated rings. The fourth-order valence-electron chi connectivity index (χ4n) is 1.47. The van der Waals surface area contributed by atoms with Crippen LogP contribution < -0.4 is 4.74 Å². The summed E-state index contributed by atoms with van der Waals surface area (Å²) in [6.07, 6.45) is 1.58. The van der Waals surface area contributed by atoms with Gasteiger partial charge in [0.25, 0.3) is 0 Å². The van der Waals surface area contributed by atoms with Gasteiger partial charge < -0.3 is 9.47 Å². The van der Waals surface area contributed by atoms with Gasteiger partial charge in [0.2, 0.25) is 0 Å². The van der Waals surface area contributed by atoms with Gasteiger partial charge in [-0.05, 0) is 13.0 Å². The molecule has 0 radical (unpaired) electrons. The van der Waals surface area contributed by atoms with Crippen molar-refractivity contribution in [3.8, 4) is 17.1 Å². The minimum atomic E-state index is -0.452. The van der Waals surface area contributed by atoms with E-state index >= 15 is 0 Å². The van der Waals surface area contributed by atoms with Gasteiger partial charge >= 0.3 is 5.97 Å². The Morgan fingerprint density at radius 2 is 2.32 bits per heavy atom. The molecule has 2 heterocycles. The van der Waals surface area contributed by atoms with Gasteiger partial charge in [-0.2, -0.15) is 0 Å². The largest absolute Gasteiger partial charge is 0.497 e. The maximum absolute atomic E-state index is 11.8. The Morgan fingerprint density at radius 3 is 3.00 bits per heavy atom. The third kappa shape index (κ3) is 3.02. The van der Waals surface area contributed by atoms with E-state index in [4.69, 9.17) is 21.1 Å². The van der Waals surface area contributed by atoms with Gasteiger partial charge in [-0.15, -0.1) is 0 Å². The first-order chi connectivity index (χ1) is 9.15. The molecule has 100 valence electrons. The number of hydrogen-bond donors (Lipinski definition) is 0. The molecule has 0 bridgehead atoms. The average Bonchev–Trinajstić information content (AvgIpc) is 2.81. The zero-order valence-corrected chi connectivity index (χ0v) is 11.9. The van der Waals surface area contributed by atoms with Crippen molar-refractivity contribution in [2.45, 2.75) is 6.92 Å². The summed E-state index contributed by atoms with van der Waals surface area (Å²) >= 11 is 6.94. The fourth-order valence-corrected chi connectivity index (χ4v) is 2.48. The van der Waals surface area contributed by atoms with E-state index in [1.54, 1.807) is 32.4 Å². The smallest absolute Gasteiger partial charge is 0.350 e. The van der Waals surface area contributed by atoms with Crippen LogP contribution in [0.4, 0.5) is 0 Å². The van der Waals surface area contributed by atoms with Crippen LogP contribution in [0.5, 0.6) is 5.75 Å². The van der Waals surface area contributed by atoms with E-state index in [-0.39, 0.29) is 4.47 Å². The molecular weight excluding hydrogens is 288 g/mol. The van der Waals surface area contributed by atoms with E-state index in [0.29, 0.717) is 28.6 Å². The van der Waals surface area contributed by atoms with Crippen LogP contribution in [0.2, 0.25) is 4.47 Å². The second-order valence-electron chi connectivity index (χ2n) is 3.45. The number of esters is 1. The number of methoxy groups -OCH3 is 1. The van der Waals surface area contributed by atoms with E-state index < -0.39 is 5.97 Å². The van der Waals surface area contributed by atoms with E-state index in [9.17, 15) is 4.79 Å². The lowest BCUT2D eigenvalue weighted by Gasteiger charge is -2.03. The number of thiazole rings is 1. The Labute approximate surface area is 119 Å². The standard InChI is InChI=1S/C12H11ClN2O3S/c1-3-18-11(16)10-9(15-12(13)19-10)8-6-7(17-2)4-5-14-8/h4-6H,3H2,1-2H3. The van der Waals surface area contributed by atoms with Crippen molar-refractivity contribution < 1.29 is 14.3 Å². The molecule has 0 saturated heterocycles. The first-order valence-electron chi connectivity index (χ1n) is 5.49. The summed E-state index contributed by atoms with van der Waals surface area (Å²) in [5.41, 5.74) is 0.929. The van der Waals surface area contributed by atoms with Crippen LogP contribution in [-0.4, -0.2) is 29.7 Å². The maximum atomic E-state index is 11.8. The molecule has 0 aromatic carbocycles. The zero-order valence-electron chi connectivity index (χ0n) is 10.3. The van der Waals surface area contributed by atoms with Crippen LogP contribution in [0.25, 0.3) is 11.4 Å². The highest BCUT2D eigenvalue weighted by molar-refractivity contribution is 7.17. The fraction of sp³-hybridized carbons (Fsp3) is 0.250. The van der Waals surface area contributed by atoms with E-state index in [1.165, 1.54) is 0 Å². The van der Waals surface area contributed by atoms with Crippen LogP contribution in [0.3, 0.4) is 0 Å². The van der Waals surface area contributed by atoms with Crippen LogP contribution in [-0.2, 0) is 4.74 Å². The maximum Gasteiger partial charge on any atom is 0.350 e. The molecule has 0 unspecified atom stereocenters. The number of halogens is 1. The van der Waals surface area contributed by atoms with Crippen LogP contribution in [0.15, 0.2) is 18.3 Å². The van der Waals surface area contributed by atoms with Crippen molar-refractivity contribution in [1.82, 2.24) is 9.97 Å². The molecule has 2 aromatic rings. The SMILES string of the molecule is CCOC(=O)c1sc(Cl)nc1-c1cc(OC)ccn1. The van der Waals surface area contributed by atoms with Crippen LogP contribution in [0.1, 0.15) is 16.6 Å². The second-order valence-corrected chi connectivity index (χ2v) is 5.03. The van der Waals surface area contributed by atoms with Crippen molar-refractivity contribution in [2.24, 2.45) is 0 Å². The van der Waals surface area contributed by atoms with Crippen molar-refractivity contribution in [1.29, 1.82) is 0 Å². The highest BCUT2D eigenvalue weighted by atomic mass is 35.5. The molecule has 0 aliphatic rings. The van der Waals surface area contributed by atoms with Gasteiger partial charge in [0.05, 0.1) is 19.4 Å². The molecule has 0 spiro atoms. The first kappa shape index (κ1) is 13.8. The Morgan fingerprint density at radius 1 is 1.53 bits per heavy atom. The van der Waals surface area contributed by atoms with Gasteiger partial charge in [0.1, 0.15) is 16.3 Å². The highest BCUT2D eigenvalue weighted by Crippen LogP contribution is 2.31. The minimum absolute atomic E-state index is 0.266. The summed E-state index contributed by atoms with van der Waals surface area (Å²) in [5.74, 6) is 0.176. The number of ether oxygens (including phenoxy) is 2. The topological polar surface area (TPSA) is 61.3 Å². The number of aromatic nitrogens is 2. The third-order valence-electron chi connectivity index (χ3n) is 2.27. The zero-order chi connectivity index (χ0) is 13.8. The van der Waals surface area contributed by atoms with Gasteiger partial charge in [0.15, 0.2) is 4.47 Å². The summed E-state index contributed by atoms with van der Waals surface area (Å²) in [7, 11) is 1.55. The quantitative estimate of drug-likeness (QED) is 0.812. The Kier molecular flexibility index (Phi) is 4.34. The molecule has 7 heteroatoms. The molecular formula is C12H11ClN2O3S. The van der Waals surface area contributed by atoms with E-state index in [1.807, 2.05) is 0 Å². The summed E-state index contributed by atoms with van der Waals surface area (Å²) in [6, 6.07) is 3.40. The Hall–Kier alpha value is -1.66. The van der Waals surface area contributed by atoms with Crippen molar-refractivity contribution in [3.05, 3.63) is 27.7 Å². The summed E-state index contributed by atoms with van der Waals surface area (Å²) < 4.78 is 10.4. The monoisotopic (exact) mass is 298 g/mol. The molecule has 0 saturated carbocycles. The molecule has 2 rings (SSSR count). The summed E-state index contributed by atoms with van der Waals surface area (Å²) in [4.78, 5) is 20.5. The average molecular weight is 299 g/mol. The molecule has 2 aromatic heterocycles. The summed E-state index contributed by atoms with van der Waals surface area (Å²) in [6.45, 7) is 2.03. The lowest BCUT2D eigenvalue weighted by atomic mass is 10.2. The molecule has 5 nitrogen and oxygen atoms in total. The second kappa shape index (κ2) is 5.99.